The van der Waals surface area contributed by atoms with Gasteiger partial charge in [0.05, 0.1) is 0 Å². The minimum atomic E-state index is -0.806. The van der Waals surface area contributed by atoms with Crippen LogP contribution < -0.4 is 0 Å². The smallest absolute Gasteiger partial charge is 0.306 e. The fourth-order valence-electron chi connectivity index (χ4n) is 8.70. The fraction of sp³-hybridized carbons (Fsp3) is 0.597. The normalized spacial score (nSPS) is 13.2. The van der Waals surface area contributed by atoms with Crippen LogP contribution in [-0.2, 0) is 28.6 Å². The summed E-state index contributed by atoms with van der Waals surface area (Å²) in [4.78, 5) is 38.3. The van der Waals surface area contributed by atoms with Crippen molar-refractivity contribution in [2.24, 2.45) is 0 Å². The second kappa shape index (κ2) is 69.3. The van der Waals surface area contributed by atoms with Gasteiger partial charge in [0.1, 0.15) is 13.2 Å². The van der Waals surface area contributed by atoms with E-state index in [1.807, 2.05) is 0 Å². The number of esters is 3. The van der Waals surface area contributed by atoms with Crippen LogP contribution in [0.1, 0.15) is 278 Å². The molecule has 1 unspecified atom stereocenters. The molecular weight excluding hydrogens is 1020 g/mol. The van der Waals surface area contributed by atoms with Crippen molar-refractivity contribution in [3.8, 4) is 0 Å². The summed E-state index contributed by atoms with van der Waals surface area (Å²) >= 11 is 0. The standard InChI is InChI=1S/C77H122O6/c1-4-7-10-13-16-19-22-24-26-28-30-32-34-36-37-38-39-41-42-44-46-48-50-52-55-58-61-64-67-70-76(79)82-73-74(72-81-75(78)69-66-63-60-57-54-21-18-15-12-9-6-3)83-77(80)71-68-65-62-59-56-53-51-49-47-45-43-40-35-33-31-29-27-25-23-20-17-14-11-8-5-2/h7-8,10-11,15-20,24-27,30-33,36-37,39-41,43-44,46,50,52,74H,4-6,9,12-14,21-23,28-29,34-35,38,42,45,47-49,51,53-73H2,1-3H3/b10-7-,11-8-,18-15-,19-16-,20-17-,26-24-,27-25-,32-30-,33-31-,37-36-,41-39-,43-40-,46-44-,52-50-. The van der Waals surface area contributed by atoms with Gasteiger partial charge < -0.3 is 14.2 Å². The molecule has 1 atom stereocenters. The monoisotopic (exact) mass is 1140 g/mol. The van der Waals surface area contributed by atoms with Crippen LogP contribution in [0.2, 0.25) is 0 Å². The van der Waals surface area contributed by atoms with Crippen LogP contribution in [0.3, 0.4) is 0 Å². The molecule has 6 nitrogen and oxygen atoms in total. The van der Waals surface area contributed by atoms with Crippen molar-refractivity contribution in [2.75, 3.05) is 13.2 Å². The van der Waals surface area contributed by atoms with Gasteiger partial charge in [-0.3, -0.25) is 14.4 Å². The zero-order chi connectivity index (χ0) is 59.9. The molecule has 0 saturated carbocycles. The molecule has 0 heterocycles. The van der Waals surface area contributed by atoms with Crippen molar-refractivity contribution in [2.45, 2.75) is 284 Å². The SMILES string of the molecule is CC/C=C\C/C=C\C/C=C\C/C=C\C/C=C\C/C=C\C/C=C\C/C=C\CCCCCCC(=O)OCC(COC(=O)CCCCCCC/C=C\CCCC)OC(=O)CCCCCCCCCCC/C=C\C/C=C\C/C=C\C/C=C\C/C=C\CC. The van der Waals surface area contributed by atoms with Gasteiger partial charge in [-0.25, -0.2) is 0 Å². The summed E-state index contributed by atoms with van der Waals surface area (Å²) in [6, 6.07) is 0. The maximum absolute atomic E-state index is 12.9. The van der Waals surface area contributed by atoms with E-state index >= 15 is 0 Å². The first-order chi connectivity index (χ1) is 41.0. The molecule has 83 heavy (non-hydrogen) atoms. The van der Waals surface area contributed by atoms with Crippen molar-refractivity contribution in [1.29, 1.82) is 0 Å². The highest BCUT2D eigenvalue weighted by molar-refractivity contribution is 5.71. The lowest BCUT2D eigenvalue weighted by Crippen LogP contribution is -2.30. The molecule has 0 aromatic carbocycles. The molecular formula is C77H122O6. The first-order valence-electron chi connectivity index (χ1n) is 33.6. The van der Waals surface area contributed by atoms with E-state index in [-0.39, 0.29) is 31.1 Å². The van der Waals surface area contributed by atoms with Crippen LogP contribution in [0.15, 0.2) is 170 Å². The van der Waals surface area contributed by atoms with E-state index in [1.54, 1.807) is 0 Å². The topological polar surface area (TPSA) is 78.9 Å². The summed E-state index contributed by atoms with van der Waals surface area (Å²) in [5.74, 6) is -0.944. The summed E-state index contributed by atoms with van der Waals surface area (Å²) in [7, 11) is 0. The summed E-state index contributed by atoms with van der Waals surface area (Å²) in [6.07, 6.45) is 102. The molecule has 0 aromatic heterocycles. The van der Waals surface area contributed by atoms with Crippen molar-refractivity contribution in [3.63, 3.8) is 0 Å². The van der Waals surface area contributed by atoms with Gasteiger partial charge in [-0.15, -0.1) is 0 Å². The van der Waals surface area contributed by atoms with Gasteiger partial charge in [0.25, 0.3) is 0 Å². The molecule has 0 aliphatic rings. The summed E-state index contributed by atoms with van der Waals surface area (Å²) < 4.78 is 16.9. The molecule has 0 saturated heterocycles. The van der Waals surface area contributed by atoms with Crippen LogP contribution in [0.25, 0.3) is 0 Å². The molecule has 0 aromatic rings. The minimum Gasteiger partial charge on any atom is -0.462 e. The minimum absolute atomic E-state index is 0.0999. The number of allylic oxidation sites excluding steroid dienone is 28. The zero-order valence-electron chi connectivity index (χ0n) is 53.4. The lowest BCUT2D eigenvalue weighted by Gasteiger charge is -2.18. The molecule has 466 valence electrons. The van der Waals surface area contributed by atoms with Gasteiger partial charge in [-0.2, -0.15) is 0 Å². The Kier molecular flexibility index (Phi) is 64.9. The average molecular weight is 1140 g/mol. The Morgan fingerprint density at radius 3 is 0.747 bits per heavy atom. The van der Waals surface area contributed by atoms with Gasteiger partial charge in [0.15, 0.2) is 6.10 Å². The van der Waals surface area contributed by atoms with E-state index in [0.29, 0.717) is 19.3 Å². The highest BCUT2D eigenvalue weighted by atomic mass is 16.6. The van der Waals surface area contributed by atoms with Crippen molar-refractivity contribution < 1.29 is 28.6 Å². The van der Waals surface area contributed by atoms with Gasteiger partial charge in [-0.05, 0) is 148 Å². The molecule has 0 fully saturated rings. The second-order valence-corrected chi connectivity index (χ2v) is 21.6. The highest BCUT2D eigenvalue weighted by Crippen LogP contribution is 2.15. The van der Waals surface area contributed by atoms with Crippen molar-refractivity contribution in [3.05, 3.63) is 170 Å². The third kappa shape index (κ3) is 67.4. The van der Waals surface area contributed by atoms with E-state index in [9.17, 15) is 14.4 Å². The number of unbranched alkanes of at least 4 members (excludes halogenated alkanes) is 20. The molecule has 0 aliphatic heterocycles. The highest BCUT2D eigenvalue weighted by Gasteiger charge is 2.19. The Morgan fingerprint density at radius 1 is 0.253 bits per heavy atom. The lowest BCUT2D eigenvalue weighted by molar-refractivity contribution is -0.167. The molecule has 0 radical (unpaired) electrons. The molecule has 0 N–H and O–H groups in total. The van der Waals surface area contributed by atoms with E-state index in [1.165, 1.54) is 64.2 Å². The van der Waals surface area contributed by atoms with Crippen molar-refractivity contribution in [1.82, 2.24) is 0 Å². The van der Waals surface area contributed by atoms with E-state index in [2.05, 4.69) is 191 Å². The third-order valence-corrected chi connectivity index (χ3v) is 13.7. The molecule has 0 bridgehead atoms. The maximum Gasteiger partial charge on any atom is 0.306 e. The van der Waals surface area contributed by atoms with Gasteiger partial charge >= 0.3 is 17.9 Å². The van der Waals surface area contributed by atoms with Gasteiger partial charge in [-0.1, -0.05) is 281 Å². The molecule has 0 aliphatic carbocycles. The maximum atomic E-state index is 12.9. The van der Waals surface area contributed by atoms with E-state index < -0.39 is 6.10 Å². The number of carbonyl (C=O) groups excluding carboxylic acids is 3. The lowest BCUT2D eigenvalue weighted by atomic mass is 10.1. The van der Waals surface area contributed by atoms with Gasteiger partial charge in [0, 0.05) is 19.3 Å². The van der Waals surface area contributed by atoms with Crippen LogP contribution in [0, 0.1) is 0 Å². The average Bonchev–Trinajstić information content (AvgIpc) is 3.48. The first kappa shape index (κ1) is 77.8. The summed E-state index contributed by atoms with van der Waals surface area (Å²) in [5, 5.41) is 0. The number of rotatable bonds is 59. The molecule has 0 amide bonds. The van der Waals surface area contributed by atoms with Crippen LogP contribution in [0.4, 0.5) is 0 Å². The largest absolute Gasteiger partial charge is 0.462 e. The quantitative estimate of drug-likeness (QED) is 0.0261. The van der Waals surface area contributed by atoms with Crippen LogP contribution in [-0.4, -0.2) is 37.2 Å². The van der Waals surface area contributed by atoms with Crippen LogP contribution >= 0.6 is 0 Å². The van der Waals surface area contributed by atoms with Gasteiger partial charge in [0.2, 0.25) is 0 Å². The molecule has 6 heteroatoms. The number of carbonyl (C=O) groups is 3. The zero-order valence-corrected chi connectivity index (χ0v) is 53.4. The summed E-state index contributed by atoms with van der Waals surface area (Å²) in [5.41, 5.74) is 0. The Morgan fingerprint density at radius 2 is 0.470 bits per heavy atom. The molecule has 0 rings (SSSR count). The molecule has 0 spiro atoms. The fourth-order valence-corrected chi connectivity index (χ4v) is 8.70. The first-order valence-corrected chi connectivity index (χ1v) is 33.6. The van der Waals surface area contributed by atoms with Crippen LogP contribution in [0.5, 0.6) is 0 Å². The van der Waals surface area contributed by atoms with E-state index in [4.69, 9.17) is 14.2 Å². The number of hydrogen-bond donors (Lipinski definition) is 0. The van der Waals surface area contributed by atoms with Crippen molar-refractivity contribution >= 4 is 17.9 Å². The number of ether oxygens (including phenoxy) is 3. The summed E-state index contributed by atoms with van der Waals surface area (Å²) in [6.45, 7) is 6.34. The number of hydrogen-bond acceptors (Lipinski definition) is 6. The Labute approximate surface area is 511 Å². The third-order valence-electron chi connectivity index (χ3n) is 13.7. The Hall–Kier alpha value is -5.23. The predicted octanol–water partition coefficient (Wildman–Crippen LogP) is 23.4. The van der Waals surface area contributed by atoms with E-state index in [0.717, 1.165) is 173 Å². The Bertz CT molecular complexity index is 1890. The Balaban J connectivity index is 4.38. The second-order valence-electron chi connectivity index (χ2n) is 21.6. The predicted molar refractivity (Wildman–Crippen MR) is 361 cm³/mol.